The number of nitrogens with one attached hydrogen (secondary N) is 2. The standard InChI is InChI=1S/C17H15N3O2/c1-22-14-7-5-13(6-8-14)20-16(21)9-4-12-11-19-17-15(12)3-2-10-18-17/h2-11H,1H3,(H,18,19)(H,20,21). The molecule has 5 nitrogen and oxygen atoms in total. The third-order valence-corrected chi connectivity index (χ3v) is 3.25. The molecule has 0 aliphatic carbocycles. The quantitative estimate of drug-likeness (QED) is 0.726. The SMILES string of the molecule is COc1ccc(NC(=O)C=Cc2c[nH]c3ncccc23)cc1. The Morgan fingerprint density at radius 3 is 2.86 bits per heavy atom. The van der Waals surface area contributed by atoms with Gasteiger partial charge in [-0.25, -0.2) is 4.98 Å². The largest absolute Gasteiger partial charge is 0.497 e. The molecule has 0 aliphatic rings. The molecule has 22 heavy (non-hydrogen) atoms. The zero-order valence-corrected chi connectivity index (χ0v) is 12.0. The summed E-state index contributed by atoms with van der Waals surface area (Å²) in [6.07, 6.45) is 6.82. The Balaban J connectivity index is 1.70. The molecule has 2 heterocycles. The molecule has 1 aromatic carbocycles. The number of aromatic amines is 1. The van der Waals surface area contributed by atoms with Crippen LogP contribution in [0.15, 0.2) is 54.9 Å². The number of ether oxygens (including phenoxy) is 1. The fraction of sp³-hybridized carbons (Fsp3) is 0.0588. The summed E-state index contributed by atoms with van der Waals surface area (Å²) < 4.78 is 5.08. The Kier molecular flexibility index (Phi) is 3.87. The number of carbonyl (C=O) groups excluding carboxylic acids is 1. The summed E-state index contributed by atoms with van der Waals surface area (Å²) in [7, 11) is 1.60. The number of aromatic nitrogens is 2. The smallest absolute Gasteiger partial charge is 0.248 e. The number of anilines is 1. The van der Waals surface area contributed by atoms with Crippen LogP contribution in [0.25, 0.3) is 17.1 Å². The van der Waals surface area contributed by atoms with Gasteiger partial charge in [-0.1, -0.05) is 0 Å². The summed E-state index contributed by atoms with van der Waals surface area (Å²) >= 11 is 0. The molecular weight excluding hydrogens is 278 g/mol. The molecule has 0 spiro atoms. The van der Waals surface area contributed by atoms with Crippen molar-refractivity contribution in [3.05, 3.63) is 60.4 Å². The van der Waals surface area contributed by atoms with Gasteiger partial charge < -0.3 is 15.0 Å². The first kappa shape index (κ1) is 13.9. The maximum Gasteiger partial charge on any atom is 0.248 e. The van der Waals surface area contributed by atoms with Gasteiger partial charge in [-0.2, -0.15) is 0 Å². The van der Waals surface area contributed by atoms with Crippen LogP contribution in [-0.2, 0) is 4.79 Å². The highest BCUT2D eigenvalue weighted by Gasteiger charge is 2.02. The highest BCUT2D eigenvalue weighted by Crippen LogP contribution is 2.17. The van der Waals surface area contributed by atoms with E-state index < -0.39 is 0 Å². The summed E-state index contributed by atoms with van der Waals surface area (Å²) in [4.78, 5) is 19.2. The van der Waals surface area contributed by atoms with Gasteiger partial charge >= 0.3 is 0 Å². The summed E-state index contributed by atoms with van der Waals surface area (Å²) in [5.41, 5.74) is 2.45. The van der Waals surface area contributed by atoms with Crippen molar-refractivity contribution in [2.24, 2.45) is 0 Å². The molecule has 0 bridgehead atoms. The van der Waals surface area contributed by atoms with Crippen LogP contribution >= 0.6 is 0 Å². The average Bonchev–Trinajstić information content (AvgIpc) is 2.97. The number of hydrogen-bond donors (Lipinski definition) is 2. The first-order chi connectivity index (χ1) is 10.8. The first-order valence-corrected chi connectivity index (χ1v) is 6.81. The topological polar surface area (TPSA) is 67.0 Å². The Hall–Kier alpha value is -3.08. The maximum atomic E-state index is 11.9. The van der Waals surface area contributed by atoms with E-state index in [4.69, 9.17) is 4.74 Å². The number of benzene rings is 1. The molecule has 0 fully saturated rings. The number of hydrogen-bond acceptors (Lipinski definition) is 3. The van der Waals surface area contributed by atoms with Crippen LogP contribution in [0.2, 0.25) is 0 Å². The van der Waals surface area contributed by atoms with Gasteiger partial charge in [0.2, 0.25) is 5.91 Å². The molecule has 0 aliphatic heterocycles. The predicted octanol–water partition coefficient (Wildman–Crippen LogP) is 3.22. The Morgan fingerprint density at radius 2 is 2.09 bits per heavy atom. The lowest BCUT2D eigenvalue weighted by Crippen LogP contribution is -2.07. The minimum Gasteiger partial charge on any atom is -0.497 e. The van der Waals surface area contributed by atoms with Crippen LogP contribution in [0.4, 0.5) is 5.69 Å². The van der Waals surface area contributed by atoms with Crippen LogP contribution < -0.4 is 10.1 Å². The van der Waals surface area contributed by atoms with Crippen molar-refractivity contribution in [1.29, 1.82) is 0 Å². The van der Waals surface area contributed by atoms with Gasteiger partial charge in [0.05, 0.1) is 7.11 Å². The summed E-state index contributed by atoms with van der Waals surface area (Å²) in [6.45, 7) is 0. The Morgan fingerprint density at radius 1 is 1.27 bits per heavy atom. The lowest BCUT2D eigenvalue weighted by atomic mass is 10.2. The predicted molar refractivity (Wildman–Crippen MR) is 86.8 cm³/mol. The molecule has 1 amide bonds. The molecule has 0 saturated heterocycles. The molecular formula is C17H15N3O2. The molecule has 0 unspecified atom stereocenters. The van der Waals surface area contributed by atoms with Gasteiger partial charge in [0.25, 0.3) is 0 Å². The van der Waals surface area contributed by atoms with Crippen LogP contribution in [-0.4, -0.2) is 23.0 Å². The van der Waals surface area contributed by atoms with Crippen LogP contribution in [0.1, 0.15) is 5.56 Å². The highest BCUT2D eigenvalue weighted by molar-refractivity contribution is 6.03. The molecule has 0 radical (unpaired) electrons. The third kappa shape index (κ3) is 2.98. The molecule has 3 aromatic rings. The number of carbonyl (C=O) groups is 1. The van der Waals surface area contributed by atoms with Gasteiger partial charge in [0.15, 0.2) is 0 Å². The number of methoxy groups -OCH3 is 1. The second-order valence-corrected chi connectivity index (χ2v) is 4.69. The summed E-state index contributed by atoms with van der Waals surface area (Å²) in [5.74, 6) is 0.559. The molecule has 3 rings (SSSR count). The van der Waals surface area contributed by atoms with Crippen molar-refractivity contribution in [2.45, 2.75) is 0 Å². The van der Waals surface area contributed by atoms with E-state index in [9.17, 15) is 4.79 Å². The van der Waals surface area contributed by atoms with E-state index in [1.54, 1.807) is 43.6 Å². The molecule has 2 aromatic heterocycles. The zero-order valence-electron chi connectivity index (χ0n) is 12.0. The summed E-state index contributed by atoms with van der Waals surface area (Å²) in [6, 6.07) is 11.0. The van der Waals surface area contributed by atoms with E-state index in [1.807, 2.05) is 18.3 Å². The van der Waals surface area contributed by atoms with Gasteiger partial charge in [-0.3, -0.25) is 4.79 Å². The van der Waals surface area contributed by atoms with Gasteiger partial charge in [0, 0.05) is 35.1 Å². The van der Waals surface area contributed by atoms with E-state index in [2.05, 4.69) is 15.3 Å². The lowest BCUT2D eigenvalue weighted by Gasteiger charge is -2.03. The first-order valence-electron chi connectivity index (χ1n) is 6.81. The second-order valence-electron chi connectivity index (χ2n) is 4.69. The third-order valence-electron chi connectivity index (χ3n) is 3.25. The van der Waals surface area contributed by atoms with Crippen molar-refractivity contribution >= 4 is 28.7 Å². The van der Waals surface area contributed by atoms with E-state index in [0.29, 0.717) is 0 Å². The van der Waals surface area contributed by atoms with E-state index in [1.165, 1.54) is 6.08 Å². The number of pyridine rings is 1. The molecule has 5 heteroatoms. The number of H-pyrrole nitrogens is 1. The van der Waals surface area contributed by atoms with E-state index in [0.717, 1.165) is 28.0 Å². The van der Waals surface area contributed by atoms with Crippen molar-refractivity contribution in [3.8, 4) is 5.75 Å². The fourth-order valence-electron chi connectivity index (χ4n) is 2.14. The summed E-state index contributed by atoms with van der Waals surface area (Å²) in [5, 5.41) is 3.78. The van der Waals surface area contributed by atoms with E-state index >= 15 is 0 Å². The number of fused-ring (bicyclic) bond motifs is 1. The van der Waals surface area contributed by atoms with E-state index in [-0.39, 0.29) is 5.91 Å². The number of amides is 1. The molecule has 2 N–H and O–H groups in total. The normalized spacial score (nSPS) is 11.0. The van der Waals surface area contributed by atoms with Crippen LogP contribution in [0.5, 0.6) is 5.75 Å². The highest BCUT2D eigenvalue weighted by atomic mass is 16.5. The maximum absolute atomic E-state index is 11.9. The molecule has 0 saturated carbocycles. The van der Waals surface area contributed by atoms with Gasteiger partial charge in [0.1, 0.15) is 11.4 Å². The van der Waals surface area contributed by atoms with Gasteiger partial charge in [-0.15, -0.1) is 0 Å². The van der Waals surface area contributed by atoms with Crippen molar-refractivity contribution in [2.75, 3.05) is 12.4 Å². The number of rotatable bonds is 4. The molecule has 0 atom stereocenters. The fourth-order valence-corrected chi connectivity index (χ4v) is 2.14. The monoisotopic (exact) mass is 293 g/mol. The minimum absolute atomic E-state index is 0.191. The van der Waals surface area contributed by atoms with Gasteiger partial charge in [-0.05, 0) is 42.5 Å². The average molecular weight is 293 g/mol. The Labute approximate surface area is 127 Å². The second kappa shape index (κ2) is 6.13. The van der Waals surface area contributed by atoms with Crippen molar-refractivity contribution < 1.29 is 9.53 Å². The zero-order chi connectivity index (χ0) is 15.4. The lowest BCUT2D eigenvalue weighted by molar-refractivity contribution is -0.111. The van der Waals surface area contributed by atoms with Crippen LogP contribution in [0, 0.1) is 0 Å². The Bertz CT molecular complexity index is 819. The van der Waals surface area contributed by atoms with Crippen molar-refractivity contribution in [3.63, 3.8) is 0 Å². The number of nitrogens with zero attached hydrogens (tertiary/aromatic N) is 1. The van der Waals surface area contributed by atoms with Crippen molar-refractivity contribution in [1.82, 2.24) is 9.97 Å². The minimum atomic E-state index is -0.191. The molecule has 110 valence electrons. The van der Waals surface area contributed by atoms with Crippen LogP contribution in [0.3, 0.4) is 0 Å².